The van der Waals surface area contributed by atoms with Gasteiger partial charge in [-0.25, -0.2) is 0 Å². The van der Waals surface area contributed by atoms with Crippen LogP contribution in [0.4, 0.5) is 5.69 Å². The average Bonchev–Trinajstić information content (AvgIpc) is 2.50. The number of likely N-dealkylation sites (tertiary alicyclic amines) is 1. The third-order valence-corrected chi connectivity index (χ3v) is 4.99. The van der Waals surface area contributed by atoms with Gasteiger partial charge < -0.3 is 10.2 Å². The van der Waals surface area contributed by atoms with Gasteiger partial charge in [-0.3, -0.25) is 14.5 Å². The van der Waals surface area contributed by atoms with Crippen molar-refractivity contribution in [3.05, 3.63) is 28.2 Å². The van der Waals surface area contributed by atoms with Crippen LogP contribution in [0, 0.1) is 12.8 Å². The smallest absolute Gasteiger partial charge is 0.238 e. The van der Waals surface area contributed by atoms with Gasteiger partial charge in [-0.1, -0.05) is 15.9 Å². The zero-order chi connectivity index (χ0) is 17.0. The first kappa shape index (κ1) is 17.9. The van der Waals surface area contributed by atoms with Crippen molar-refractivity contribution in [2.24, 2.45) is 5.92 Å². The molecule has 6 heteroatoms. The summed E-state index contributed by atoms with van der Waals surface area (Å²) >= 11 is 3.45. The Kier molecular flexibility index (Phi) is 6.18. The van der Waals surface area contributed by atoms with E-state index < -0.39 is 0 Å². The second-order valence-electron chi connectivity index (χ2n) is 6.32. The molecule has 1 saturated heterocycles. The van der Waals surface area contributed by atoms with E-state index in [0.29, 0.717) is 13.1 Å². The van der Waals surface area contributed by atoms with Gasteiger partial charge in [0.15, 0.2) is 0 Å². The predicted octanol–water partition coefficient (Wildman–Crippen LogP) is 2.50. The van der Waals surface area contributed by atoms with Crippen LogP contribution < -0.4 is 5.32 Å². The highest BCUT2D eigenvalue weighted by atomic mass is 79.9. The molecule has 0 saturated carbocycles. The molecule has 0 aromatic heterocycles. The van der Waals surface area contributed by atoms with E-state index in [2.05, 4.69) is 26.1 Å². The SMILES string of the molecule is Cc1cc(NC(=O)CN2CCCC(C(=O)N(C)C)C2)ccc1Br. The van der Waals surface area contributed by atoms with Gasteiger partial charge in [-0.2, -0.15) is 0 Å². The molecule has 0 aliphatic carbocycles. The Hall–Kier alpha value is -1.40. The summed E-state index contributed by atoms with van der Waals surface area (Å²) in [6.45, 7) is 3.84. The molecular weight excluding hydrogens is 358 g/mol. The van der Waals surface area contributed by atoms with E-state index in [4.69, 9.17) is 0 Å². The van der Waals surface area contributed by atoms with Crippen molar-refractivity contribution in [2.45, 2.75) is 19.8 Å². The molecule has 1 aromatic carbocycles. The van der Waals surface area contributed by atoms with Crippen LogP contribution in [0.3, 0.4) is 0 Å². The number of carbonyl (C=O) groups excluding carboxylic acids is 2. The van der Waals surface area contributed by atoms with E-state index in [1.807, 2.05) is 25.1 Å². The highest BCUT2D eigenvalue weighted by Gasteiger charge is 2.27. The highest BCUT2D eigenvalue weighted by Crippen LogP contribution is 2.21. The van der Waals surface area contributed by atoms with Crippen LogP contribution in [-0.2, 0) is 9.59 Å². The number of carbonyl (C=O) groups is 2. The molecule has 5 nitrogen and oxygen atoms in total. The number of benzene rings is 1. The van der Waals surface area contributed by atoms with Gasteiger partial charge in [-0.05, 0) is 50.1 Å². The summed E-state index contributed by atoms with van der Waals surface area (Å²) in [4.78, 5) is 28.0. The third kappa shape index (κ3) is 5.04. The van der Waals surface area contributed by atoms with E-state index in [1.54, 1.807) is 19.0 Å². The van der Waals surface area contributed by atoms with Gasteiger partial charge in [0.2, 0.25) is 11.8 Å². The van der Waals surface area contributed by atoms with Crippen LogP contribution in [-0.4, -0.2) is 55.3 Å². The normalized spacial score (nSPS) is 18.5. The van der Waals surface area contributed by atoms with Crippen molar-refractivity contribution in [3.8, 4) is 0 Å². The Labute approximate surface area is 146 Å². The Morgan fingerprint density at radius 2 is 2.13 bits per heavy atom. The topological polar surface area (TPSA) is 52.7 Å². The van der Waals surface area contributed by atoms with Crippen molar-refractivity contribution in [3.63, 3.8) is 0 Å². The Balaban J connectivity index is 1.89. The standard InChI is InChI=1S/C17H24BrN3O2/c1-12-9-14(6-7-15(12)18)19-16(22)11-21-8-4-5-13(10-21)17(23)20(2)3/h6-7,9,13H,4-5,8,10-11H2,1-3H3,(H,19,22). The van der Waals surface area contributed by atoms with E-state index in [0.717, 1.165) is 35.1 Å². The molecular formula is C17H24BrN3O2. The van der Waals surface area contributed by atoms with E-state index in [9.17, 15) is 9.59 Å². The number of halogens is 1. The number of aryl methyl sites for hydroxylation is 1. The van der Waals surface area contributed by atoms with Crippen molar-refractivity contribution in [1.82, 2.24) is 9.80 Å². The summed E-state index contributed by atoms with van der Waals surface area (Å²) in [6, 6.07) is 5.75. The summed E-state index contributed by atoms with van der Waals surface area (Å²) in [5.41, 5.74) is 1.88. The number of hydrogen-bond donors (Lipinski definition) is 1. The molecule has 126 valence electrons. The molecule has 1 aliphatic rings. The predicted molar refractivity (Wildman–Crippen MR) is 95.4 cm³/mol. The number of amides is 2. The van der Waals surface area contributed by atoms with Crippen molar-refractivity contribution < 1.29 is 9.59 Å². The molecule has 1 fully saturated rings. The van der Waals surface area contributed by atoms with Crippen LogP contribution >= 0.6 is 15.9 Å². The molecule has 2 amide bonds. The number of nitrogens with zero attached hydrogens (tertiary/aromatic N) is 2. The summed E-state index contributed by atoms with van der Waals surface area (Å²) in [5, 5.41) is 2.93. The second kappa shape index (κ2) is 7.93. The number of rotatable bonds is 4. The molecule has 0 radical (unpaired) electrons. The lowest BCUT2D eigenvalue weighted by Crippen LogP contribution is -2.45. The lowest BCUT2D eigenvalue weighted by molar-refractivity contribution is -0.135. The molecule has 23 heavy (non-hydrogen) atoms. The fraction of sp³-hybridized carbons (Fsp3) is 0.529. The maximum Gasteiger partial charge on any atom is 0.238 e. The van der Waals surface area contributed by atoms with E-state index in [1.165, 1.54) is 0 Å². The molecule has 2 rings (SSSR count). The Morgan fingerprint density at radius 3 is 2.78 bits per heavy atom. The summed E-state index contributed by atoms with van der Waals surface area (Å²) < 4.78 is 1.02. The number of piperidine rings is 1. The van der Waals surface area contributed by atoms with Gasteiger partial charge in [0.05, 0.1) is 12.5 Å². The molecule has 0 spiro atoms. The monoisotopic (exact) mass is 381 g/mol. The van der Waals surface area contributed by atoms with Gasteiger partial charge >= 0.3 is 0 Å². The van der Waals surface area contributed by atoms with Crippen LogP contribution in [0.25, 0.3) is 0 Å². The minimum atomic E-state index is -0.0373. The van der Waals surface area contributed by atoms with Gasteiger partial charge in [0.25, 0.3) is 0 Å². The van der Waals surface area contributed by atoms with Crippen LogP contribution in [0.15, 0.2) is 22.7 Å². The van der Waals surface area contributed by atoms with Crippen LogP contribution in [0.1, 0.15) is 18.4 Å². The molecule has 1 N–H and O–H groups in total. The second-order valence-corrected chi connectivity index (χ2v) is 7.17. The number of anilines is 1. The maximum atomic E-state index is 12.2. The zero-order valence-corrected chi connectivity index (χ0v) is 15.5. The fourth-order valence-electron chi connectivity index (χ4n) is 2.89. The lowest BCUT2D eigenvalue weighted by atomic mass is 9.97. The van der Waals surface area contributed by atoms with Gasteiger partial charge in [0, 0.05) is 30.8 Å². The zero-order valence-electron chi connectivity index (χ0n) is 13.9. The first-order chi connectivity index (χ1) is 10.9. The maximum absolute atomic E-state index is 12.2. The van der Waals surface area contributed by atoms with Crippen LogP contribution in [0.2, 0.25) is 0 Å². The minimum Gasteiger partial charge on any atom is -0.349 e. The fourth-order valence-corrected chi connectivity index (χ4v) is 3.14. The van der Waals surface area contributed by atoms with Crippen LogP contribution in [0.5, 0.6) is 0 Å². The van der Waals surface area contributed by atoms with Crippen molar-refractivity contribution in [1.29, 1.82) is 0 Å². The first-order valence-electron chi connectivity index (χ1n) is 7.86. The molecule has 1 heterocycles. The molecule has 1 unspecified atom stereocenters. The molecule has 1 aromatic rings. The van der Waals surface area contributed by atoms with E-state index >= 15 is 0 Å². The first-order valence-corrected chi connectivity index (χ1v) is 8.65. The summed E-state index contributed by atoms with van der Waals surface area (Å²) in [6.07, 6.45) is 1.86. The molecule has 1 atom stereocenters. The molecule has 1 aliphatic heterocycles. The quantitative estimate of drug-likeness (QED) is 0.871. The van der Waals surface area contributed by atoms with E-state index in [-0.39, 0.29) is 17.7 Å². The summed E-state index contributed by atoms with van der Waals surface area (Å²) in [5.74, 6) is 0.116. The van der Waals surface area contributed by atoms with Crippen molar-refractivity contribution in [2.75, 3.05) is 39.0 Å². The number of nitrogens with one attached hydrogen (secondary N) is 1. The van der Waals surface area contributed by atoms with Gasteiger partial charge in [0.1, 0.15) is 0 Å². The molecule has 0 bridgehead atoms. The average molecular weight is 382 g/mol. The summed E-state index contributed by atoms with van der Waals surface area (Å²) in [7, 11) is 3.56. The Morgan fingerprint density at radius 1 is 1.39 bits per heavy atom. The lowest BCUT2D eigenvalue weighted by Gasteiger charge is -2.32. The highest BCUT2D eigenvalue weighted by molar-refractivity contribution is 9.10. The minimum absolute atomic E-state index is 0.00137. The largest absolute Gasteiger partial charge is 0.349 e. The number of hydrogen-bond acceptors (Lipinski definition) is 3. The van der Waals surface area contributed by atoms with Gasteiger partial charge in [-0.15, -0.1) is 0 Å². The third-order valence-electron chi connectivity index (χ3n) is 4.10. The van der Waals surface area contributed by atoms with Crippen molar-refractivity contribution >= 4 is 33.4 Å². The Bertz CT molecular complexity index is 589.